The monoisotopic (exact) mass is 262 g/mol. The molecule has 19 heavy (non-hydrogen) atoms. The smallest absolute Gasteiger partial charge is 0.191 e. The van der Waals surface area contributed by atoms with Crippen LogP contribution in [0.3, 0.4) is 0 Å². The number of benzene rings is 1. The Hall–Kier alpha value is -1.19. The van der Waals surface area contributed by atoms with Crippen molar-refractivity contribution in [3.8, 4) is 0 Å². The highest BCUT2D eigenvalue weighted by molar-refractivity contribution is 5.99. The number of ether oxygens (including phenoxy) is 2. The quantitative estimate of drug-likeness (QED) is 0.765. The van der Waals surface area contributed by atoms with E-state index in [0.717, 1.165) is 37.2 Å². The fraction of sp³-hybridized carbons (Fsp3) is 0.562. The molecule has 3 nitrogen and oxygen atoms in total. The van der Waals surface area contributed by atoms with E-state index in [4.69, 9.17) is 9.47 Å². The van der Waals surface area contributed by atoms with Crippen molar-refractivity contribution in [2.24, 2.45) is 5.92 Å². The molecule has 1 heterocycles. The van der Waals surface area contributed by atoms with E-state index >= 15 is 0 Å². The topological polar surface area (TPSA) is 35.5 Å². The highest BCUT2D eigenvalue weighted by Crippen LogP contribution is 2.16. The summed E-state index contributed by atoms with van der Waals surface area (Å²) in [5.41, 5.74) is 1.89. The van der Waals surface area contributed by atoms with Crippen molar-refractivity contribution in [2.45, 2.75) is 32.8 Å². The van der Waals surface area contributed by atoms with Gasteiger partial charge in [-0.15, -0.1) is 0 Å². The van der Waals surface area contributed by atoms with Crippen LogP contribution >= 0.6 is 0 Å². The minimum atomic E-state index is -0.370. The summed E-state index contributed by atoms with van der Waals surface area (Å²) in [4.78, 5) is 12.2. The van der Waals surface area contributed by atoms with Crippen molar-refractivity contribution in [3.05, 3.63) is 35.4 Å². The fourth-order valence-electron chi connectivity index (χ4n) is 2.22. The molecule has 1 fully saturated rings. The van der Waals surface area contributed by atoms with Crippen LogP contribution in [0.5, 0.6) is 0 Å². The predicted octanol–water partition coefficient (Wildman–Crippen LogP) is 3.01. The second-order valence-electron chi connectivity index (χ2n) is 5.26. The summed E-state index contributed by atoms with van der Waals surface area (Å²) in [6.45, 7) is 6.13. The molecule has 0 aliphatic carbocycles. The molecule has 1 aromatic rings. The van der Waals surface area contributed by atoms with Crippen LogP contribution in [0.1, 0.15) is 35.7 Å². The predicted molar refractivity (Wildman–Crippen MR) is 74.5 cm³/mol. The molecular formula is C16H22O3. The number of ketones is 1. The molecule has 0 bridgehead atoms. The maximum absolute atomic E-state index is 12.2. The van der Waals surface area contributed by atoms with Crippen LogP contribution in [0.4, 0.5) is 0 Å². The number of aryl methyl sites for hydroxylation is 1. The molecule has 0 spiro atoms. The van der Waals surface area contributed by atoms with Crippen LogP contribution in [-0.2, 0) is 9.47 Å². The van der Waals surface area contributed by atoms with Crippen molar-refractivity contribution in [2.75, 3.05) is 19.8 Å². The number of Topliss-reactive ketones (excluding diaryl/α,β-unsaturated/α-hetero) is 1. The standard InChI is InChI=1S/C16H22O3/c1-12-3-5-15(6-4-12)16(17)13(2)19-11-14-7-9-18-10-8-14/h3-6,13-14H,7-11H2,1-2H3. The number of rotatable bonds is 5. The molecule has 0 radical (unpaired) electrons. The van der Waals surface area contributed by atoms with Crippen molar-refractivity contribution in [1.29, 1.82) is 0 Å². The van der Waals surface area contributed by atoms with Gasteiger partial charge in [0.2, 0.25) is 0 Å². The normalized spacial score (nSPS) is 18.2. The lowest BCUT2D eigenvalue weighted by molar-refractivity contribution is -0.000214. The van der Waals surface area contributed by atoms with Crippen LogP contribution in [-0.4, -0.2) is 31.7 Å². The van der Waals surface area contributed by atoms with E-state index in [2.05, 4.69) is 0 Å². The van der Waals surface area contributed by atoms with Crippen molar-refractivity contribution in [1.82, 2.24) is 0 Å². The van der Waals surface area contributed by atoms with Crippen LogP contribution in [0.15, 0.2) is 24.3 Å². The van der Waals surface area contributed by atoms with Crippen LogP contribution < -0.4 is 0 Å². The Morgan fingerprint density at radius 3 is 2.58 bits per heavy atom. The highest BCUT2D eigenvalue weighted by atomic mass is 16.5. The van der Waals surface area contributed by atoms with Crippen LogP contribution in [0.25, 0.3) is 0 Å². The fourth-order valence-corrected chi connectivity index (χ4v) is 2.22. The number of carbonyl (C=O) groups is 1. The first-order chi connectivity index (χ1) is 9.16. The zero-order valence-corrected chi connectivity index (χ0v) is 11.7. The summed E-state index contributed by atoms with van der Waals surface area (Å²) in [5.74, 6) is 0.592. The molecule has 0 aromatic heterocycles. The SMILES string of the molecule is Cc1ccc(C(=O)C(C)OCC2CCOCC2)cc1. The Morgan fingerprint density at radius 2 is 1.95 bits per heavy atom. The van der Waals surface area contributed by atoms with E-state index in [9.17, 15) is 4.79 Å². The minimum absolute atomic E-state index is 0.0621. The van der Waals surface area contributed by atoms with Crippen molar-refractivity contribution < 1.29 is 14.3 Å². The van der Waals surface area contributed by atoms with E-state index in [1.54, 1.807) is 0 Å². The van der Waals surface area contributed by atoms with E-state index < -0.39 is 0 Å². The lowest BCUT2D eigenvalue weighted by Crippen LogP contribution is -2.26. The minimum Gasteiger partial charge on any atom is -0.381 e. The third kappa shape index (κ3) is 4.15. The van der Waals surface area contributed by atoms with E-state index in [1.807, 2.05) is 38.1 Å². The summed E-state index contributed by atoms with van der Waals surface area (Å²) >= 11 is 0. The van der Waals surface area contributed by atoms with E-state index in [0.29, 0.717) is 12.5 Å². The first kappa shape index (κ1) is 14.2. The lowest BCUT2D eigenvalue weighted by atomic mass is 10.0. The Labute approximate surface area is 114 Å². The number of hydrogen-bond donors (Lipinski definition) is 0. The zero-order valence-electron chi connectivity index (χ0n) is 11.7. The zero-order chi connectivity index (χ0) is 13.7. The molecule has 0 amide bonds. The van der Waals surface area contributed by atoms with Gasteiger partial charge in [-0.1, -0.05) is 29.8 Å². The van der Waals surface area contributed by atoms with Gasteiger partial charge < -0.3 is 9.47 Å². The Morgan fingerprint density at radius 1 is 1.32 bits per heavy atom. The molecule has 1 saturated heterocycles. The molecule has 1 unspecified atom stereocenters. The van der Waals surface area contributed by atoms with Gasteiger partial charge in [-0.05, 0) is 32.6 Å². The molecule has 2 rings (SSSR count). The molecule has 1 atom stereocenters. The van der Waals surface area contributed by atoms with Gasteiger partial charge in [0.15, 0.2) is 5.78 Å². The van der Waals surface area contributed by atoms with E-state index in [-0.39, 0.29) is 11.9 Å². The van der Waals surface area contributed by atoms with E-state index in [1.165, 1.54) is 0 Å². The third-order valence-electron chi connectivity index (χ3n) is 3.63. The maximum atomic E-state index is 12.2. The van der Waals surface area contributed by atoms with Gasteiger partial charge in [0.25, 0.3) is 0 Å². The summed E-state index contributed by atoms with van der Waals surface area (Å²) in [6.07, 6.45) is 1.70. The molecule has 3 heteroatoms. The molecule has 0 saturated carbocycles. The van der Waals surface area contributed by atoms with Gasteiger partial charge in [0, 0.05) is 18.8 Å². The molecule has 1 aliphatic rings. The summed E-state index contributed by atoms with van der Waals surface area (Å²) in [7, 11) is 0. The van der Waals surface area contributed by atoms with Crippen LogP contribution in [0, 0.1) is 12.8 Å². The van der Waals surface area contributed by atoms with Crippen molar-refractivity contribution >= 4 is 5.78 Å². The Bertz CT molecular complexity index is 405. The summed E-state index contributed by atoms with van der Waals surface area (Å²) < 4.78 is 11.0. The first-order valence-electron chi connectivity index (χ1n) is 6.97. The number of hydrogen-bond acceptors (Lipinski definition) is 3. The average molecular weight is 262 g/mol. The second-order valence-corrected chi connectivity index (χ2v) is 5.26. The van der Waals surface area contributed by atoms with Gasteiger partial charge in [-0.25, -0.2) is 0 Å². The molecule has 0 N–H and O–H groups in total. The molecule has 1 aromatic carbocycles. The Kier molecular flexibility index (Phi) is 5.11. The highest BCUT2D eigenvalue weighted by Gasteiger charge is 2.19. The summed E-state index contributed by atoms with van der Waals surface area (Å²) in [6, 6.07) is 7.65. The second kappa shape index (κ2) is 6.83. The maximum Gasteiger partial charge on any atom is 0.191 e. The molecular weight excluding hydrogens is 240 g/mol. The van der Waals surface area contributed by atoms with Crippen LogP contribution in [0.2, 0.25) is 0 Å². The molecule has 104 valence electrons. The van der Waals surface area contributed by atoms with Gasteiger partial charge in [-0.3, -0.25) is 4.79 Å². The van der Waals surface area contributed by atoms with Gasteiger partial charge in [0.1, 0.15) is 6.10 Å². The lowest BCUT2D eigenvalue weighted by Gasteiger charge is -2.23. The largest absolute Gasteiger partial charge is 0.381 e. The van der Waals surface area contributed by atoms with Gasteiger partial charge in [-0.2, -0.15) is 0 Å². The Balaban J connectivity index is 1.83. The van der Waals surface area contributed by atoms with Gasteiger partial charge in [0.05, 0.1) is 6.61 Å². The molecule has 1 aliphatic heterocycles. The average Bonchev–Trinajstić information content (AvgIpc) is 2.46. The number of carbonyl (C=O) groups excluding carboxylic acids is 1. The first-order valence-corrected chi connectivity index (χ1v) is 6.97. The summed E-state index contributed by atoms with van der Waals surface area (Å²) in [5, 5.41) is 0. The third-order valence-corrected chi connectivity index (χ3v) is 3.63. The van der Waals surface area contributed by atoms with Gasteiger partial charge >= 0.3 is 0 Å². The van der Waals surface area contributed by atoms with Crippen molar-refractivity contribution in [3.63, 3.8) is 0 Å².